The highest BCUT2D eigenvalue weighted by Crippen LogP contribution is 2.35. The first-order valence-corrected chi connectivity index (χ1v) is 6.43. The number of aromatic nitrogens is 3. The van der Waals surface area contributed by atoms with E-state index in [1.165, 1.54) is 0 Å². The van der Waals surface area contributed by atoms with Crippen molar-refractivity contribution in [3.8, 4) is 11.3 Å². The SMILES string of the molecule is Brc1c(-c2cccnc2)nc2n1CCS2. The van der Waals surface area contributed by atoms with Crippen LogP contribution in [0.5, 0.6) is 0 Å². The lowest BCUT2D eigenvalue weighted by atomic mass is 10.2. The summed E-state index contributed by atoms with van der Waals surface area (Å²) in [4.78, 5) is 8.71. The van der Waals surface area contributed by atoms with Crippen LogP contribution in [-0.2, 0) is 6.54 Å². The van der Waals surface area contributed by atoms with Crippen LogP contribution in [0, 0.1) is 0 Å². The molecule has 0 aliphatic carbocycles. The highest BCUT2D eigenvalue weighted by molar-refractivity contribution is 9.10. The third kappa shape index (κ3) is 1.50. The van der Waals surface area contributed by atoms with E-state index in [0.29, 0.717) is 0 Å². The van der Waals surface area contributed by atoms with Crippen LogP contribution in [0.3, 0.4) is 0 Å². The lowest BCUT2D eigenvalue weighted by molar-refractivity contribution is 0.705. The number of nitrogens with zero attached hydrogens (tertiary/aromatic N) is 3. The average Bonchev–Trinajstić information content (AvgIpc) is 2.83. The van der Waals surface area contributed by atoms with E-state index in [2.05, 4.69) is 30.5 Å². The van der Waals surface area contributed by atoms with Crippen molar-refractivity contribution in [2.45, 2.75) is 11.7 Å². The number of hydrogen-bond donors (Lipinski definition) is 0. The van der Waals surface area contributed by atoms with Gasteiger partial charge in [-0.3, -0.25) is 4.98 Å². The molecular formula is C10H8BrN3S. The summed E-state index contributed by atoms with van der Waals surface area (Å²) in [5.74, 6) is 1.12. The standard InChI is InChI=1S/C10H8BrN3S/c11-9-8(7-2-1-3-12-6-7)13-10-14(9)4-5-15-10/h1-3,6H,4-5H2. The molecule has 0 amide bonds. The number of halogens is 1. The molecule has 0 aromatic carbocycles. The summed E-state index contributed by atoms with van der Waals surface area (Å²) in [5, 5.41) is 1.10. The van der Waals surface area contributed by atoms with Gasteiger partial charge in [-0.05, 0) is 28.1 Å². The molecule has 0 bridgehead atoms. The molecular weight excluding hydrogens is 274 g/mol. The zero-order chi connectivity index (χ0) is 10.3. The van der Waals surface area contributed by atoms with E-state index in [4.69, 9.17) is 0 Å². The summed E-state index contributed by atoms with van der Waals surface area (Å²) in [6.45, 7) is 1.04. The molecule has 0 spiro atoms. The number of pyridine rings is 1. The molecule has 2 aromatic rings. The smallest absolute Gasteiger partial charge is 0.169 e. The molecule has 5 heteroatoms. The van der Waals surface area contributed by atoms with E-state index >= 15 is 0 Å². The van der Waals surface area contributed by atoms with Crippen molar-refractivity contribution in [2.75, 3.05) is 5.75 Å². The third-order valence-electron chi connectivity index (χ3n) is 2.35. The second-order valence-corrected chi connectivity index (χ2v) is 5.09. The number of imidazole rings is 1. The van der Waals surface area contributed by atoms with Crippen molar-refractivity contribution in [1.29, 1.82) is 0 Å². The van der Waals surface area contributed by atoms with E-state index in [1.54, 1.807) is 18.0 Å². The first-order chi connectivity index (χ1) is 7.36. The van der Waals surface area contributed by atoms with E-state index < -0.39 is 0 Å². The molecule has 0 radical (unpaired) electrons. The lowest BCUT2D eigenvalue weighted by Crippen LogP contribution is -1.93. The summed E-state index contributed by atoms with van der Waals surface area (Å²) in [6.07, 6.45) is 3.61. The minimum absolute atomic E-state index is 0.991. The Morgan fingerprint density at radius 3 is 3.13 bits per heavy atom. The number of fused-ring (bicyclic) bond motifs is 1. The molecule has 0 saturated carbocycles. The van der Waals surface area contributed by atoms with Crippen LogP contribution in [0.4, 0.5) is 0 Å². The van der Waals surface area contributed by atoms with Crippen LogP contribution in [0.1, 0.15) is 0 Å². The van der Waals surface area contributed by atoms with E-state index in [0.717, 1.165) is 33.3 Å². The van der Waals surface area contributed by atoms with Gasteiger partial charge in [0.05, 0.1) is 0 Å². The van der Waals surface area contributed by atoms with Crippen LogP contribution >= 0.6 is 27.7 Å². The molecule has 0 atom stereocenters. The van der Waals surface area contributed by atoms with Gasteiger partial charge in [-0.2, -0.15) is 0 Å². The van der Waals surface area contributed by atoms with Gasteiger partial charge in [0, 0.05) is 30.3 Å². The molecule has 0 fully saturated rings. The number of rotatable bonds is 1. The van der Waals surface area contributed by atoms with Crippen LogP contribution in [-0.4, -0.2) is 20.3 Å². The Morgan fingerprint density at radius 1 is 1.47 bits per heavy atom. The van der Waals surface area contributed by atoms with E-state index in [-0.39, 0.29) is 0 Å². The molecule has 3 nitrogen and oxygen atoms in total. The molecule has 0 unspecified atom stereocenters. The Bertz CT molecular complexity index is 495. The Balaban J connectivity index is 2.14. The molecule has 1 aliphatic rings. The van der Waals surface area contributed by atoms with Gasteiger partial charge >= 0.3 is 0 Å². The van der Waals surface area contributed by atoms with Crippen molar-refractivity contribution in [3.63, 3.8) is 0 Å². The van der Waals surface area contributed by atoms with Gasteiger partial charge < -0.3 is 4.57 Å². The normalized spacial score (nSPS) is 14.2. The summed E-state index contributed by atoms with van der Waals surface area (Å²) in [6, 6.07) is 3.96. The predicted octanol–water partition coefficient (Wildman–Crippen LogP) is 2.81. The number of thioether (sulfide) groups is 1. The summed E-state index contributed by atoms with van der Waals surface area (Å²) in [5.41, 5.74) is 2.05. The van der Waals surface area contributed by atoms with Gasteiger partial charge in [0.25, 0.3) is 0 Å². The molecule has 0 saturated heterocycles. The fourth-order valence-electron chi connectivity index (χ4n) is 1.63. The van der Waals surface area contributed by atoms with Crippen LogP contribution in [0.2, 0.25) is 0 Å². The predicted molar refractivity (Wildman–Crippen MR) is 63.9 cm³/mol. The minimum atomic E-state index is 0.991. The van der Waals surface area contributed by atoms with Crippen LogP contribution in [0.15, 0.2) is 34.3 Å². The first kappa shape index (κ1) is 9.42. The molecule has 76 valence electrons. The summed E-state index contributed by atoms with van der Waals surface area (Å²) >= 11 is 5.40. The Labute approximate surface area is 100 Å². The zero-order valence-electron chi connectivity index (χ0n) is 7.85. The monoisotopic (exact) mass is 281 g/mol. The topological polar surface area (TPSA) is 30.7 Å². The maximum Gasteiger partial charge on any atom is 0.169 e. The van der Waals surface area contributed by atoms with E-state index in [9.17, 15) is 0 Å². The minimum Gasteiger partial charge on any atom is -0.312 e. The highest BCUT2D eigenvalue weighted by atomic mass is 79.9. The van der Waals surface area contributed by atoms with Gasteiger partial charge in [0.2, 0.25) is 0 Å². The third-order valence-corrected chi connectivity index (χ3v) is 4.11. The van der Waals surface area contributed by atoms with Crippen molar-refractivity contribution in [1.82, 2.24) is 14.5 Å². The van der Waals surface area contributed by atoms with Gasteiger partial charge in [-0.1, -0.05) is 11.8 Å². The molecule has 0 N–H and O–H groups in total. The summed E-state index contributed by atoms with van der Waals surface area (Å²) in [7, 11) is 0. The largest absolute Gasteiger partial charge is 0.312 e. The highest BCUT2D eigenvalue weighted by Gasteiger charge is 2.20. The van der Waals surface area contributed by atoms with Crippen LogP contribution in [0.25, 0.3) is 11.3 Å². The second kappa shape index (κ2) is 3.64. The molecule has 2 aromatic heterocycles. The summed E-state index contributed by atoms with van der Waals surface area (Å²) < 4.78 is 3.27. The van der Waals surface area contributed by atoms with Crippen molar-refractivity contribution >= 4 is 27.7 Å². The molecule has 3 rings (SSSR count). The van der Waals surface area contributed by atoms with Crippen LogP contribution < -0.4 is 0 Å². The maximum atomic E-state index is 4.60. The average molecular weight is 282 g/mol. The van der Waals surface area contributed by atoms with Crippen molar-refractivity contribution in [3.05, 3.63) is 29.1 Å². The fourth-order valence-corrected chi connectivity index (χ4v) is 3.36. The molecule has 1 aliphatic heterocycles. The van der Waals surface area contributed by atoms with Gasteiger partial charge in [0.15, 0.2) is 5.16 Å². The zero-order valence-corrected chi connectivity index (χ0v) is 10.3. The molecule has 15 heavy (non-hydrogen) atoms. The lowest BCUT2D eigenvalue weighted by Gasteiger charge is -1.99. The van der Waals surface area contributed by atoms with Gasteiger partial charge in [-0.15, -0.1) is 0 Å². The molecule has 3 heterocycles. The van der Waals surface area contributed by atoms with Crippen molar-refractivity contribution < 1.29 is 0 Å². The maximum absolute atomic E-state index is 4.60. The second-order valence-electron chi connectivity index (χ2n) is 3.28. The van der Waals surface area contributed by atoms with Gasteiger partial charge in [0.1, 0.15) is 10.3 Å². The van der Waals surface area contributed by atoms with E-state index in [1.807, 2.05) is 18.3 Å². The van der Waals surface area contributed by atoms with Gasteiger partial charge in [-0.25, -0.2) is 4.98 Å². The van der Waals surface area contributed by atoms with Crippen molar-refractivity contribution in [2.24, 2.45) is 0 Å². The Kier molecular flexibility index (Phi) is 2.29. The fraction of sp³-hybridized carbons (Fsp3) is 0.200. The Hall–Kier alpha value is -0.810. The quantitative estimate of drug-likeness (QED) is 0.805. The Morgan fingerprint density at radius 2 is 2.40 bits per heavy atom. The number of hydrogen-bond acceptors (Lipinski definition) is 3. The first-order valence-electron chi connectivity index (χ1n) is 4.65.